The molecule has 1 aromatic heterocycles. The first-order valence-electron chi connectivity index (χ1n) is 7.04. The molecule has 21 heavy (non-hydrogen) atoms. The minimum Gasteiger partial charge on any atom is -0.369 e. The van der Waals surface area contributed by atoms with Crippen LogP contribution in [-0.2, 0) is 13.1 Å². The summed E-state index contributed by atoms with van der Waals surface area (Å²) in [5.41, 5.74) is 2.25. The Balaban J connectivity index is 2.01. The molecule has 2 nitrogen and oxygen atoms in total. The van der Waals surface area contributed by atoms with Crippen molar-refractivity contribution in [2.75, 3.05) is 18.5 Å². The summed E-state index contributed by atoms with van der Waals surface area (Å²) in [5, 5.41) is 4.18. The van der Waals surface area contributed by atoms with Crippen molar-refractivity contribution < 1.29 is 0 Å². The third kappa shape index (κ3) is 4.89. The van der Waals surface area contributed by atoms with Crippen LogP contribution in [0.3, 0.4) is 0 Å². The van der Waals surface area contributed by atoms with Gasteiger partial charge >= 0.3 is 0 Å². The molecule has 0 bridgehead atoms. The molecule has 0 aliphatic carbocycles. The fourth-order valence-electron chi connectivity index (χ4n) is 2.08. The number of thiophene rings is 1. The normalized spacial score (nSPS) is 10.9. The van der Waals surface area contributed by atoms with Crippen LogP contribution >= 0.6 is 34.5 Å². The summed E-state index contributed by atoms with van der Waals surface area (Å²) in [5.74, 6) is 0. The first-order chi connectivity index (χ1) is 10.1. The van der Waals surface area contributed by atoms with Crippen molar-refractivity contribution in [2.24, 2.45) is 0 Å². The summed E-state index contributed by atoms with van der Waals surface area (Å²) in [6.07, 6.45) is 1.13. The molecule has 0 atom stereocenters. The van der Waals surface area contributed by atoms with Crippen LogP contribution in [0.25, 0.3) is 0 Å². The average Bonchev–Trinajstić information content (AvgIpc) is 2.86. The predicted molar refractivity (Wildman–Crippen MR) is 94.9 cm³/mol. The highest BCUT2D eigenvalue weighted by atomic mass is 35.5. The number of benzene rings is 1. The molecule has 0 aliphatic heterocycles. The predicted octanol–water partition coefficient (Wildman–Crippen LogP) is 5.19. The molecule has 0 saturated carbocycles. The molecule has 1 aromatic carbocycles. The minimum absolute atomic E-state index is 0.812. The Labute approximate surface area is 140 Å². The fourth-order valence-corrected chi connectivity index (χ4v) is 3.46. The molecule has 0 amide bonds. The van der Waals surface area contributed by atoms with Crippen molar-refractivity contribution in [1.82, 2.24) is 5.32 Å². The van der Waals surface area contributed by atoms with Gasteiger partial charge in [-0.2, -0.15) is 0 Å². The van der Waals surface area contributed by atoms with E-state index in [0.717, 1.165) is 46.7 Å². The monoisotopic (exact) mass is 342 g/mol. The molecule has 0 saturated heterocycles. The minimum atomic E-state index is 0.812. The van der Waals surface area contributed by atoms with Crippen LogP contribution in [0.1, 0.15) is 23.8 Å². The van der Waals surface area contributed by atoms with Gasteiger partial charge in [0.1, 0.15) is 0 Å². The Kier molecular flexibility index (Phi) is 6.37. The standard InChI is InChI=1S/C16H20Cl2N2S/c1-3-8-19-10-12-4-5-13(9-15(12)17)20(2)11-14-6-7-16(18)21-14/h4-7,9,19H,3,8,10-11H2,1-2H3. The maximum absolute atomic E-state index is 6.37. The number of nitrogens with one attached hydrogen (secondary N) is 1. The van der Waals surface area contributed by atoms with Gasteiger partial charge in [0, 0.05) is 29.2 Å². The molecule has 1 N–H and O–H groups in total. The Bertz CT molecular complexity index is 583. The maximum Gasteiger partial charge on any atom is 0.0931 e. The van der Waals surface area contributed by atoms with Crippen LogP contribution in [-0.4, -0.2) is 13.6 Å². The van der Waals surface area contributed by atoms with Crippen molar-refractivity contribution in [2.45, 2.75) is 26.4 Å². The SMILES string of the molecule is CCCNCc1ccc(N(C)Cc2ccc(Cl)s2)cc1Cl. The topological polar surface area (TPSA) is 15.3 Å². The Morgan fingerprint density at radius 2 is 2.00 bits per heavy atom. The summed E-state index contributed by atoms with van der Waals surface area (Å²) in [6.45, 7) is 4.82. The quantitative estimate of drug-likeness (QED) is 0.696. The lowest BCUT2D eigenvalue weighted by atomic mass is 10.2. The van der Waals surface area contributed by atoms with Gasteiger partial charge in [-0.1, -0.05) is 36.2 Å². The summed E-state index contributed by atoms with van der Waals surface area (Å²) >= 11 is 14.0. The van der Waals surface area contributed by atoms with Crippen LogP contribution in [0.4, 0.5) is 5.69 Å². The van der Waals surface area contributed by atoms with E-state index in [2.05, 4.69) is 42.4 Å². The van der Waals surface area contributed by atoms with E-state index in [-0.39, 0.29) is 0 Å². The van der Waals surface area contributed by atoms with E-state index in [1.165, 1.54) is 4.88 Å². The van der Waals surface area contributed by atoms with E-state index >= 15 is 0 Å². The molecule has 0 fully saturated rings. The van der Waals surface area contributed by atoms with E-state index in [1.54, 1.807) is 11.3 Å². The summed E-state index contributed by atoms with van der Waals surface area (Å²) in [7, 11) is 2.06. The van der Waals surface area contributed by atoms with Crippen LogP contribution < -0.4 is 10.2 Å². The number of nitrogens with zero attached hydrogens (tertiary/aromatic N) is 1. The lowest BCUT2D eigenvalue weighted by molar-refractivity contribution is 0.675. The first kappa shape index (κ1) is 16.6. The second kappa shape index (κ2) is 8.04. The molecule has 0 radical (unpaired) electrons. The molecule has 0 unspecified atom stereocenters. The second-order valence-electron chi connectivity index (χ2n) is 5.01. The highest BCUT2D eigenvalue weighted by Crippen LogP contribution is 2.27. The molecule has 1 heterocycles. The molecule has 5 heteroatoms. The third-order valence-electron chi connectivity index (χ3n) is 3.24. The highest BCUT2D eigenvalue weighted by molar-refractivity contribution is 7.16. The molecule has 0 aliphatic rings. The van der Waals surface area contributed by atoms with Crippen molar-refractivity contribution in [3.63, 3.8) is 0 Å². The van der Waals surface area contributed by atoms with Crippen molar-refractivity contribution in [3.05, 3.63) is 50.1 Å². The van der Waals surface area contributed by atoms with Gasteiger partial charge in [0.05, 0.1) is 10.9 Å². The van der Waals surface area contributed by atoms with Gasteiger partial charge in [-0.3, -0.25) is 0 Å². The largest absolute Gasteiger partial charge is 0.369 e. The Hall–Kier alpha value is -0.740. The fraction of sp³-hybridized carbons (Fsp3) is 0.375. The summed E-state index contributed by atoms with van der Waals surface area (Å²) in [6, 6.07) is 10.2. The molecule has 2 rings (SSSR count). The van der Waals surface area contributed by atoms with Crippen LogP contribution in [0.5, 0.6) is 0 Å². The Morgan fingerprint density at radius 3 is 2.62 bits per heavy atom. The number of anilines is 1. The van der Waals surface area contributed by atoms with Gasteiger partial charge < -0.3 is 10.2 Å². The lowest BCUT2D eigenvalue weighted by Crippen LogP contribution is -2.17. The Morgan fingerprint density at radius 1 is 1.19 bits per heavy atom. The van der Waals surface area contributed by atoms with Gasteiger partial charge in [-0.05, 0) is 42.8 Å². The van der Waals surface area contributed by atoms with E-state index in [9.17, 15) is 0 Å². The van der Waals surface area contributed by atoms with E-state index in [4.69, 9.17) is 23.2 Å². The molecular formula is C16H20Cl2N2S. The van der Waals surface area contributed by atoms with Gasteiger partial charge in [-0.15, -0.1) is 11.3 Å². The molecular weight excluding hydrogens is 323 g/mol. The lowest BCUT2D eigenvalue weighted by Gasteiger charge is -2.19. The van der Waals surface area contributed by atoms with Crippen molar-refractivity contribution in [1.29, 1.82) is 0 Å². The van der Waals surface area contributed by atoms with E-state index in [1.807, 2.05) is 12.1 Å². The van der Waals surface area contributed by atoms with Gasteiger partial charge in [0.2, 0.25) is 0 Å². The zero-order valence-corrected chi connectivity index (χ0v) is 14.7. The smallest absolute Gasteiger partial charge is 0.0931 e. The highest BCUT2D eigenvalue weighted by Gasteiger charge is 2.07. The van der Waals surface area contributed by atoms with E-state index in [0.29, 0.717) is 0 Å². The summed E-state index contributed by atoms with van der Waals surface area (Å²) < 4.78 is 0.828. The number of halogens is 2. The molecule has 0 spiro atoms. The second-order valence-corrected chi connectivity index (χ2v) is 7.22. The van der Waals surface area contributed by atoms with Gasteiger partial charge in [0.15, 0.2) is 0 Å². The number of hydrogen-bond acceptors (Lipinski definition) is 3. The maximum atomic E-state index is 6.37. The van der Waals surface area contributed by atoms with Crippen molar-refractivity contribution in [3.8, 4) is 0 Å². The molecule has 114 valence electrons. The number of rotatable bonds is 7. The van der Waals surface area contributed by atoms with Crippen molar-refractivity contribution >= 4 is 40.2 Å². The zero-order chi connectivity index (χ0) is 15.2. The number of hydrogen-bond donors (Lipinski definition) is 1. The van der Waals surface area contributed by atoms with Gasteiger partial charge in [0.25, 0.3) is 0 Å². The third-order valence-corrected chi connectivity index (χ3v) is 4.81. The average molecular weight is 343 g/mol. The van der Waals surface area contributed by atoms with Crippen LogP contribution in [0, 0.1) is 0 Å². The van der Waals surface area contributed by atoms with Gasteiger partial charge in [-0.25, -0.2) is 0 Å². The molecule has 2 aromatic rings. The first-order valence-corrected chi connectivity index (χ1v) is 8.62. The zero-order valence-electron chi connectivity index (χ0n) is 12.3. The van der Waals surface area contributed by atoms with E-state index < -0.39 is 0 Å². The summed E-state index contributed by atoms with van der Waals surface area (Å²) in [4.78, 5) is 3.42. The van der Waals surface area contributed by atoms with Crippen LogP contribution in [0.2, 0.25) is 9.36 Å². The van der Waals surface area contributed by atoms with Crippen LogP contribution in [0.15, 0.2) is 30.3 Å².